The van der Waals surface area contributed by atoms with E-state index in [-0.39, 0.29) is 12.2 Å². The van der Waals surface area contributed by atoms with Gasteiger partial charge in [-0.05, 0) is 37.5 Å². The maximum Gasteiger partial charge on any atom is 0.240 e. The molecule has 1 aliphatic carbocycles. The van der Waals surface area contributed by atoms with E-state index in [4.69, 9.17) is 0 Å². The van der Waals surface area contributed by atoms with Gasteiger partial charge in [-0.25, -0.2) is 0 Å². The normalized spacial score (nSPS) is 41.1. The molecule has 104 valence electrons. The molecule has 18 heavy (non-hydrogen) atoms. The fourth-order valence-corrected chi connectivity index (χ4v) is 3.84. The summed E-state index contributed by atoms with van der Waals surface area (Å²) < 4.78 is 0. The number of rotatable bonds is 3. The average molecular weight is 252 g/mol. The Morgan fingerprint density at radius 3 is 2.50 bits per heavy atom. The summed E-state index contributed by atoms with van der Waals surface area (Å²) in [7, 11) is 0. The zero-order chi connectivity index (χ0) is 13.4. The predicted octanol–water partition coefficient (Wildman–Crippen LogP) is 2.61. The minimum absolute atomic E-state index is 0.00900. The van der Waals surface area contributed by atoms with Crippen LogP contribution in [0, 0.1) is 17.8 Å². The Morgan fingerprint density at radius 2 is 2.00 bits per heavy atom. The molecule has 1 saturated heterocycles. The second kappa shape index (κ2) is 5.20. The lowest BCUT2D eigenvalue weighted by molar-refractivity contribution is -0.133. The number of nitrogens with zero attached hydrogens (tertiary/aromatic N) is 1. The molecule has 0 spiro atoms. The van der Waals surface area contributed by atoms with Gasteiger partial charge in [0, 0.05) is 6.04 Å². The number of nitrogens with one attached hydrogen (secondary N) is 1. The molecule has 0 aromatic heterocycles. The molecule has 0 aromatic rings. The van der Waals surface area contributed by atoms with Crippen LogP contribution in [0.1, 0.15) is 53.9 Å². The zero-order valence-corrected chi connectivity index (χ0v) is 12.4. The Balaban J connectivity index is 2.17. The van der Waals surface area contributed by atoms with Crippen molar-refractivity contribution in [2.75, 3.05) is 0 Å². The van der Waals surface area contributed by atoms with Gasteiger partial charge in [0.05, 0.1) is 12.2 Å². The summed E-state index contributed by atoms with van der Waals surface area (Å²) in [5.74, 6) is 2.23. The van der Waals surface area contributed by atoms with Crippen LogP contribution in [0.5, 0.6) is 0 Å². The van der Waals surface area contributed by atoms with Crippen LogP contribution in [0.3, 0.4) is 0 Å². The van der Waals surface area contributed by atoms with Gasteiger partial charge in [-0.1, -0.05) is 34.1 Å². The summed E-state index contributed by atoms with van der Waals surface area (Å²) in [4.78, 5) is 14.6. The summed E-state index contributed by atoms with van der Waals surface area (Å²) >= 11 is 0. The standard InChI is InChI=1S/C15H28N2O/c1-6-12-7-8-13(10(12)4)17-14(9(2)3)16-11(5)15(17)18/h9-14,16H,6-8H2,1-5H3. The van der Waals surface area contributed by atoms with E-state index >= 15 is 0 Å². The number of amides is 1. The summed E-state index contributed by atoms with van der Waals surface area (Å²) in [6.45, 7) is 11.0. The fraction of sp³-hybridized carbons (Fsp3) is 0.933. The van der Waals surface area contributed by atoms with Gasteiger partial charge in [-0.2, -0.15) is 0 Å². The molecule has 1 aliphatic heterocycles. The maximum absolute atomic E-state index is 12.4. The van der Waals surface area contributed by atoms with E-state index in [9.17, 15) is 4.79 Å². The van der Waals surface area contributed by atoms with Crippen LogP contribution >= 0.6 is 0 Å². The van der Waals surface area contributed by atoms with Crippen LogP contribution in [0.25, 0.3) is 0 Å². The van der Waals surface area contributed by atoms with E-state index in [1.807, 2.05) is 6.92 Å². The van der Waals surface area contributed by atoms with Gasteiger partial charge in [-0.3, -0.25) is 10.1 Å². The molecule has 2 aliphatic rings. The summed E-state index contributed by atoms with van der Waals surface area (Å²) in [5, 5.41) is 3.46. The van der Waals surface area contributed by atoms with Crippen molar-refractivity contribution in [1.29, 1.82) is 0 Å². The summed E-state index contributed by atoms with van der Waals surface area (Å²) in [5.41, 5.74) is 0. The minimum atomic E-state index is -0.00900. The SMILES string of the molecule is CCC1CCC(N2C(=O)C(C)NC2C(C)C)C1C. The van der Waals surface area contributed by atoms with Gasteiger partial charge in [0.1, 0.15) is 0 Å². The Morgan fingerprint density at radius 1 is 1.33 bits per heavy atom. The second-order valence-electron chi connectivity index (χ2n) is 6.49. The van der Waals surface area contributed by atoms with Crippen molar-refractivity contribution in [1.82, 2.24) is 10.2 Å². The highest BCUT2D eigenvalue weighted by Gasteiger charge is 2.46. The van der Waals surface area contributed by atoms with Crippen molar-refractivity contribution in [3.63, 3.8) is 0 Å². The number of carbonyl (C=O) groups is 1. The lowest BCUT2D eigenvalue weighted by atomic mass is 9.92. The largest absolute Gasteiger partial charge is 0.322 e. The smallest absolute Gasteiger partial charge is 0.240 e. The molecule has 3 heteroatoms. The van der Waals surface area contributed by atoms with Crippen LogP contribution in [0.2, 0.25) is 0 Å². The van der Waals surface area contributed by atoms with Crippen LogP contribution in [-0.4, -0.2) is 29.1 Å². The Kier molecular flexibility index (Phi) is 4.00. The summed E-state index contributed by atoms with van der Waals surface area (Å²) in [6.07, 6.45) is 3.94. The first-order valence-electron chi connectivity index (χ1n) is 7.55. The van der Waals surface area contributed by atoms with Crippen LogP contribution in [-0.2, 0) is 4.79 Å². The minimum Gasteiger partial charge on any atom is -0.322 e. The van der Waals surface area contributed by atoms with Crippen molar-refractivity contribution in [2.45, 2.75) is 72.1 Å². The van der Waals surface area contributed by atoms with Gasteiger partial charge < -0.3 is 4.90 Å². The first kappa shape index (κ1) is 13.9. The molecule has 0 radical (unpaired) electrons. The Hall–Kier alpha value is -0.570. The highest BCUT2D eigenvalue weighted by atomic mass is 16.2. The molecule has 0 aromatic carbocycles. The molecule has 1 amide bonds. The van der Waals surface area contributed by atoms with Gasteiger partial charge in [0.15, 0.2) is 0 Å². The quantitative estimate of drug-likeness (QED) is 0.837. The first-order valence-corrected chi connectivity index (χ1v) is 7.55. The van der Waals surface area contributed by atoms with Crippen LogP contribution in [0.15, 0.2) is 0 Å². The Labute approximate surface area is 111 Å². The van der Waals surface area contributed by atoms with E-state index in [1.54, 1.807) is 0 Å². The fourth-order valence-electron chi connectivity index (χ4n) is 3.84. The van der Waals surface area contributed by atoms with Gasteiger partial charge in [0.25, 0.3) is 0 Å². The maximum atomic E-state index is 12.4. The average Bonchev–Trinajstić information content (AvgIpc) is 2.81. The Bertz CT molecular complexity index is 316. The van der Waals surface area contributed by atoms with Gasteiger partial charge in [-0.15, -0.1) is 0 Å². The third-order valence-corrected chi connectivity index (χ3v) is 5.04. The third-order valence-electron chi connectivity index (χ3n) is 5.04. The molecular formula is C15H28N2O. The van der Waals surface area contributed by atoms with E-state index in [0.717, 1.165) is 5.92 Å². The molecule has 1 N–H and O–H groups in total. The lowest BCUT2D eigenvalue weighted by Crippen LogP contribution is -2.48. The van der Waals surface area contributed by atoms with Crippen molar-refractivity contribution < 1.29 is 4.79 Å². The highest BCUT2D eigenvalue weighted by Crippen LogP contribution is 2.39. The van der Waals surface area contributed by atoms with Crippen molar-refractivity contribution >= 4 is 5.91 Å². The number of hydrogen-bond acceptors (Lipinski definition) is 2. The summed E-state index contributed by atoms with van der Waals surface area (Å²) in [6, 6.07) is 0.442. The molecule has 1 saturated carbocycles. The second-order valence-corrected chi connectivity index (χ2v) is 6.49. The molecule has 1 heterocycles. The molecule has 0 bridgehead atoms. The molecule has 3 nitrogen and oxygen atoms in total. The van der Waals surface area contributed by atoms with E-state index in [2.05, 4.69) is 37.9 Å². The predicted molar refractivity (Wildman–Crippen MR) is 74.0 cm³/mol. The highest BCUT2D eigenvalue weighted by molar-refractivity contribution is 5.84. The molecule has 5 unspecified atom stereocenters. The van der Waals surface area contributed by atoms with Crippen LogP contribution < -0.4 is 5.32 Å². The van der Waals surface area contributed by atoms with Gasteiger partial charge >= 0.3 is 0 Å². The van der Waals surface area contributed by atoms with E-state index < -0.39 is 0 Å². The molecule has 2 rings (SSSR count). The van der Waals surface area contributed by atoms with Crippen molar-refractivity contribution in [3.05, 3.63) is 0 Å². The van der Waals surface area contributed by atoms with Crippen molar-refractivity contribution in [3.8, 4) is 0 Å². The zero-order valence-electron chi connectivity index (χ0n) is 12.4. The van der Waals surface area contributed by atoms with Gasteiger partial charge in [0.2, 0.25) is 5.91 Å². The van der Waals surface area contributed by atoms with Crippen LogP contribution in [0.4, 0.5) is 0 Å². The molecule has 5 atom stereocenters. The van der Waals surface area contributed by atoms with E-state index in [1.165, 1.54) is 19.3 Å². The lowest BCUT2D eigenvalue weighted by Gasteiger charge is -2.35. The third kappa shape index (κ3) is 2.18. The monoisotopic (exact) mass is 252 g/mol. The number of hydrogen-bond donors (Lipinski definition) is 1. The first-order chi connectivity index (χ1) is 8.47. The molecular weight excluding hydrogens is 224 g/mol. The number of carbonyl (C=O) groups excluding carboxylic acids is 1. The topological polar surface area (TPSA) is 32.3 Å². The van der Waals surface area contributed by atoms with E-state index in [0.29, 0.717) is 23.8 Å². The van der Waals surface area contributed by atoms with Crippen molar-refractivity contribution in [2.24, 2.45) is 17.8 Å². The molecule has 2 fully saturated rings.